The third kappa shape index (κ3) is 2.26. The molecule has 1 fully saturated rings. The summed E-state index contributed by atoms with van der Waals surface area (Å²) in [7, 11) is 5.18. The molecule has 0 saturated heterocycles. The molecule has 2 rings (SSSR count). The number of benzene rings is 1. The quantitative estimate of drug-likeness (QED) is 0.510. The summed E-state index contributed by atoms with van der Waals surface area (Å²) >= 11 is 0. The van der Waals surface area contributed by atoms with Crippen LogP contribution in [0.4, 0.5) is 0 Å². The second kappa shape index (κ2) is 4.94. The van der Waals surface area contributed by atoms with Gasteiger partial charge in [-0.25, -0.2) is 0 Å². The largest absolute Gasteiger partial charge is 0.363 e. The lowest BCUT2D eigenvalue weighted by Gasteiger charge is -2.14. The first kappa shape index (κ1) is 14.0. The highest BCUT2D eigenvalue weighted by Gasteiger charge is 2.68. The number of aliphatic imine (C=N–C) groups is 1. The second-order valence-corrected chi connectivity index (χ2v) is 5.28. The number of likely N-dealkylation sites (N-methyl/N-ethyl adjacent to an activating group) is 1. The molecule has 0 amide bonds. The minimum atomic E-state index is -1.13. The molecule has 0 spiro atoms. The molecule has 1 N–H and O–H groups in total. The lowest BCUT2D eigenvalue weighted by atomic mass is 10.0. The van der Waals surface area contributed by atoms with Crippen molar-refractivity contribution in [3.05, 3.63) is 34.9 Å². The number of nitrogens with zero attached hydrogens (tertiary/aromatic N) is 2. The predicted octanol–water partition coefficient (Wildman–Crippen LogP) is 1.69. The molecule has 0 radical (unpaired) electrons. The average molecular weight is 262 g/mol. The first-order chi connectivity index (χ1) is 8.95. The van der Waals surface area contributed by atoms with Crippen molar-refractivity contribution in [3.63, 3.8) is 0 Å². The van der Waals surface area contributed by atoms with Gasteiger partial charge in [0, 0.05) is 21.2 Å². The van der Waals surface area contributed by atoms with Gasteiger partial charge in [0.1, 0.15) is 0 Å². The summed E-state index contributed by atoms with van der Waals surface area (Å²) in [5, 5.41) is 10.6. The summed E-state index contributed by atoms with van der Waals surface area (Å²) in [6.07, 6.45) is 1.72. The molecular formula is C15H22N2O2. The zero-order valence-corrected chi connectivity index (χ0v) is 12.2. The summed E-state index contributed by atoms with van der Waals surface area (Å²) in [6.45, 7) is 4.14. The lowest BCUT2D eigenvalue weighted by Crippen LogP contribution is -2.29. The van der Waals surface area contributed by atoms with Crippen molar-refractivity contribution < 1.29 is 9.84 Å². The van der Waals surface area contributed by atoms with Crippen LogP contribution in [0.2, 0.25) is 0 Å². The zero-order chi connectivity index (χ0) is 14.2. The molecule has 1 aromatic rings. The first-order valence-electron chi connectivity index (χ1n) is 6.44. The topological polar surface area (TPSA) is 45.1 Å². The molecule has 104 valence electrons. The molecule has 3 atom stereocenters. The highest BCUT2D eigenvalue weighted by atomic mass is 16.6. The van der Waals surface area contributed by atoms with Crippen LogP contribution in [0.5, 0.6) is 0 Å². The van der Waals surface area contributed by atoms with Crippen molar-refractivity contribution in [2.24, 2.45) is 4.99 Å². The number of aliphatic hydroxyl groups is 1. The molecule has 1 aliphatic carbocycles. The standard InChI is InChI=1S/C15H22N2O2/c1-10-6-7-12(11(2)8-10)13-14(15(13,18)19-5)17(4)9-16-3/h6-9,13-14,18H,1-5H3. The van der Waals surface area contributed by atoms with E-state index in [4.69, 9.17) is 4.74 Å². The fraction of sp³-hybridized carbons (Fsp3) is 0.533. The van der Waals surface area contributed by atoms with E-state index in [9.17, 15) is 5.11 Å². The Morgan fingerprint density at radius 1 is 1.42 bits per heavy atom. The van der Waals surface area contributed by atoms with Gasteiger partial charge in [0.25, 0.3) is 0 Å². The minimum absolute atomic E-state index is 0.0406. The van der Waals surface area contributed by atoms with Gasteiger partial charge < -0.3 is 14.7 Å². The van der Waals surface area contributed by atoms with Crippen molar-refractivity contribution in [2.75, 3.05) is 21.2 Å². The normalized spacial score (nSPS) is 29.8. The number of rotatable bonds is 4. The van der Waals surface area contributed by atoms with Crippen LogP contribution in [-0.2, 0) is 4.74 Å². The van der Waals surface area contributed by atoms with E-state index >= 15 is 0 Å². The van der Waals surface area contributed by atoms with E-state index in [1.54, 1.807) is 20.5 Å². The van der Waals surface area contributed by atoms with Crippen LogP contribution >= 0.6 is 0 Å². The van der Waals surface area contributed by atoms with Crippen molar-refractivity contribution >= 4 is 6.34 Å². The number of aryl methyl sites for hydroxylation is 2. The van der Waals surface area contributed by atoms with Crippen molar-refractivity contribution in [3.8, 4) is 0 Å². The van der Waals surface area contributed by atoms with Gasteiger partial charge in [-0.15, -0.1) is 0 Å². The third-order valence-corrected chi connectivity index (χ3v) is 3.90. The summed E-state index contributed by atoms with van der Waals surface area (Å²) in [5.74, 6) is -1.17. The first-order valence-corrected chi connectivity index (χ1v) is 6.44. The molecule has 19 heavy (non-hydrogen) atoms. The van der Waals surface area contributed by atoms with Gasteiger partial charge in [0.2, 0.25) is 0 Å². The Labute approximate surface area is 114 Å². The molecule has 1 saturated carbocycles. The lowest BCUT2D eigenvalue weighted by molar-refractivity contribution is -0.116. The molecule has 4 heteroatoms. The van der Waals surface area contributed by atoms with Gasteiger partial charge in [-0.2, -0.15) is 0 Å². The monoisotopic (exact) mass is 262 g/mol. The summed E-state index contributed by atoms with van der Waals surface area (Å²) in [4.78, 5) is 5.91. The fourth-order valence-corrected chi connectivity index (χ4v) is 2.93. The molecule has 0 aromatic heterocycles. The van der Waals surface area contributed by atoms with E-state index in [0.29, 0.717) is 0 Å². The Kier molecular flexibility index (Phi) is 3.65. The maximum Gasteiger partial charge on any atom is 0.195 e. The van der Waals surface area contributed by atoms with E-state index in [0.717, 1.165) is 5.56 Å². The molecule has 1 aliphatic rings. The second-order valence-electron chi connectivity index (χ2n) is 5.28. The van der Waals surface area contributed by atoms with Crippen LogP contribution in [0.3, 0.4) is 0 Å². The van der Waals surface area contributed by atoms with Gasteiger partial charge in [-0.1, -0.05) is 23.8 Å². The van der Waals surface area contributed by atoms with Gasteiger partial charge in [-0.3, -0.25) is 4.99 Å². The molecule has 0 heterocycles. The number of ether oxygens (including phenoxy) is 1. The minimum Gasteiger partial charge on any atom is -0.363 e. The van der Waals surface area contributed by atoms with Crippen LogP contribution in [0.15, 0.2) is 23.2 Å². The van der Waals surface area contributed by atoms with E-state index in [-0.39, 0.29) is 12.0 Å². The van der Waals surface area contributed by atoms with Crippen molar-refractivity contribution in [1.82, 2.24) is 4.90 Å². The maximum absolute atomic E-state index is 10.6. The predicted molar refractivity (Wildman–Crippen MR) is 76.6 cm³/mol. The van der Waals surface area contributed by atoms with Gasteiger partial charge in [-0.05, 0) is 25.0 Å². The number of hydrogen-bond acceptors (Lipinski definition) is 3. The number of methoxy groups -OCH3 is 1. The van der Waals surface area contributed by atoms with Crippen LogP contribution in [-0.4, -0.2) is 49.4 Å². The van der Waals surface area contributed by atoms with Crippen LogP contribution in [0.25, 0.3) is 0 Å². The van der Waals surface area contributed by atoms with Crippen LogP contribution in [0.1, 0.15) is 22.6 Å². The zero-order valence-electron chi connectivity index (χ0n) is 12.2. The summed E-state index contributed by atoms with van der Waals surface area (Å²) in [6, 6.07) is 6.19. The molecule has 0 bridgehead atoms. The van der Waals surface area contributed by atoms with E-state index < -0.39 is 5.79 Å². The molecule has 3 unspecified atom stereocenters. The van der Waals surface area contributed by atoms with E-state index in [1.165, 1.54) is 11.1 Å². The average Bonchev–Trinajstić information content (AvgIpc) is 2.97. The molecule has 4 nitrogen and oxygen atoms in total. The number of hydrogen-bond donors (Lipinski definition) is 1. The van der Waals surface area contributed by atoms with Gasteiger partial charge in [0.05, 0.1) is 18.3 Å². The SMILES string of the molecule is CN=CN(C)C1C(c2ccc(C)cc2C)C1(O)OC. The van der Waals surface area contributed by atoms with E-state index in [2.05, 4.69) is 37.0 Å². The Bertz CT molecular complexity index is 501. The van der Waals surface area contributed by atoms with Crippen LogP contribution in [0, 0.1) is 13.8 Å². The van der Waals surface area contributed by atoms with E-state index in [1.807, 2.05) is 11.9 Å². The fourth-order valence-electron chi connectivity index (χ4n) is 2.93. The summed E-state index contributed by atoms with van der Waals surface area (Å²) in [5.41, 5.74) is 3.55. The van der Waals surface area contributed by atoms with Gasteiger partial charge >= 0.3 is 0 Å². The highest BCUT2D eigenvalue weighted by molar-refractivity contribution is 5.58. The molecule has 1 aromatic carbocycles. The Balaban J connectivity index is 2.33. The third-order valence-electron chi connectivity index (χ3n) is 3.90. The van der Waals surface area contributed by atoms with Crippen LogP contribution < -0.4 is 0 Å². The maximum atomic E-state index is 10.6. The van der Waals surface area contributed by atoms with Crippen molar-refractivity contribution in [2.45, 2.75) is 31.6 Å². The Morgan fingerprint density at radius 3 is 2.63 bits per heavy atom. The highest BCUT2D eigenvalue weighted by Crippen LogP contribution is 2.55. The van der Waals surface area contributed by atoms with Gasteiger partial charge in [0.15, 0.2) is 5.79 Å². The Hall–Kier alpha value is -1.39. The molecular weight excluding hydrogens is 240 g/mol. The summed E-state index contributed by atoms with van der Waals surface area (Å²) < 4.78 is 5.33. The van der Waals surface area contributed by atoms with Crippen molar-refractivity contribution in [1.29, 1.82) is 0 Å². The molecule has 0 aliphatic heterocycles. The smallest absolute Gasteiger partial charge is 0.195 e. The Morgan fingerprint density at radius 2 is 2.11 bits per heavy atom.